The summed E-state index contributed by atoms with van der Waals surface area (Å²) < 4.78 is 15.7. The van der Waals surface area contributed by atoms with Gasteiger partial charge in [0.05, 0.1) is 33.2 Å². The van der Waals surface area contributed by atoms with Gasteiger partial charge in [0.15, 0.2) is 0 Å². The van der Waals surface area contributed by atoms with Crippen LogP contribution in [-0.4, -0.2) is 45.5 Å². The van der Waals surface area contributed by atoms with Gasteiger partial charge in [-0.1, -0.05) is 42.5 Å². The zero-order valence-electron chi connectivity index (χ0n) is 19.8. The summed E-state index contributed by atoms with van der Waals surface area (Å²) in [5.74, 6) is 1.22. The van der Waals surface area contributed by atoms with Crippen LogP contribution in [-0.2, 0) is 11.2 Å². The Bertz CT molecular complexity index is 1170. The minimum Gasteiger partial charge on any atom is -0.497 e. The van der Waals surface area contributed by atoms with Crippen molar-refractivity contribution in [1.29, 1.82) is 0 Å². The van der Waals surface area contributed by atoms with E-state index in [0.29, 0.717) is 22.9 Å². The predicted molar refractivity (Wildman–Crippen MR) is 134 cm³/mol. The van der Waals surface area contributed by atoms with Crippen LogP contribution in [0.25, 0.3) is 0 Å². The number of hydrogen-bond acceptors (Lipinski definition) is 6. The Labute approximate surface area is 204 Å². The normalized spacial score (nSPS) is 11.4. The van der Waals surface area contributed by atoms with Gasteiger partial charge >= 0.3 is 6.03 Å². The van der Waals surface area contributed by atoms with Crippen LogP contribution in [0.2, 0.25) is 0 Å². The molecule has 35 heavy (non-hydrogen) atoms. The van der Waals surface area contributed by atoms with E-state index in [1.165, 1.54) is 20.4 Å². The first-order chi connectivity index (χ1) is 17.0. The average molecular weight is 477 g/mol. The van der Waals surface area contributed by atoms with E-state index in [1.807, 2.05) is 48.5 Å². The standard InChI is InChI=1S/C26H28N4O5/c1-33-20-11-7-10-19(14-20)17-27-30-25(31)23(15-18-8-5-4-6-9-18)29-26(32)28-22-13-12-21(34-2)16-24(22)35-3/h4-14,16-17,23H,15H2,1-3H3,(H,30,31)(H2,28,29,32)/b27-17-/t23-/m1/s1. The number of nitrogens with zero attached hydrogens (tertiary/aromatic N) is 1. The third-order valence-corrected chi connectivity index (χ3v) is 5.04. The van der Waals surface area contributed by atoms with Crippen LogP contribution in [0.5, 0.6) is 17.2 Å². The first-order valence-corrected chi connectivity index (χ1v) is 10.8. The largest absolute Gasteiger partial charge is 0.497 e. The molecule has 0 unspecified atom stereocenters. The Morgan fingerprint density at radius 2 is 1.63 bits per heavy atom. The van der Waals surface area contributed by atoms with E-state index in [9.17, 15) is 9.59 Å². The minimum atomic E-state index is -0.885. The van der Waals surface area contributed by atoms with Crippen molar-refractivity contribution in [3.05, 3.63) is 83.9 Å². The molecule has 3 aromatic rings. The fourth-order valence-corrected chi connectivity index (χ4v) is 3.25. The number of amides is 3. The molecule has 1 atom stereocenters. The van der Waals surface area contributed by atoms with Gasteiger partial charge in [-0.25, -0.2) is 10.2 Å². The van der Waals surface area contributed by atoms with Gasteiger partial charge in [-0.15, -0.1) is 0 Å². The zero-order valence-corrected chi connectivity index (χ0v) is 19.8. The number of carbonyl (C=O) groups excluding carboxylic acids is 2. The predicted octanol–water partition coefficient (Wildman–Crippen LogP) is 3.60. The summed E-state index contributed by atoms with van der Waals surface area (Å²) in [4.78, 5) is 25.7. The van der Waals surface area contributed by atoms with Crippen LogP contribution in [0.1, 0.15) is 11.1 Å². The number of hydrazone groups is 1. The SMILES string of the molecule is COc1cccc(/C=N\NC(=O)[C@@H](Cc2ccccc2)NC(=O)Nc2ccc(OC)cc2OC)c1. The zero-order chi connectivity index (χ0) is 25.0. The van der Waals surface area contributed by atoms with Crippen LogP contribution in [0.3, 0.4) is 0 Å². The van der Waals surface area contributed by atoms with Crippen molar-refractivity contribution < 1.29 is 23.8 Å². The van der Waals surface area contributed by atoms with E-state index < -0.39 is 18.0 Å². The monoisotopic (exact) mass is 476 g/mol. The molecule has 0 aliphatic rings. The number of rotatable bonds is 10. The van der Waals surface area contributed by atoms with Crippen LogP contribution in [0, 0.1) is 0 Å². The molecule has 0 aliphatic carbocycles. The van der Waals surface area contributed by atoms with Gasteiger partial charge in [0.2, 0.25) is 0 Å². The number of anilines is 1. The lowest BCUT2D eigenvalue weighted by Crippen LogP contribution is -2.48. The first kappa shape index (κ1) is 25.1. The lowest BCUT2D eigenvalue weighted by Gasteiger charge is -2.18. The molecule has 3 amide bonds. The number of nitrogens with one attached hydrogen (secondary N) is 3. The molecule has 9 nitrogen and oxygen atoms in total. The molecular weight excluding hydrogens is 448 g/mol. The lowest BCUT2D eigenvalue weighted by molar-refractivity contribution is -0.122. The van der Waals surface area contributed by atoms with E-state index >= 15 is 0 Å². The molecule has 0 aliphatic heterocycles. The van der Waals surface area contributed by atoms with Crippen molar-refractivity contribution in [2.45, 2.75) is 12.5 Å². The summed E-state index contributed by atoms with van der Waals surface area (Å²) in [5.41, 5.74) is 4.57. The number of methoxy groups -OCH3 is 3. The van der Waals surface area contributed by atoms with Gasteiger partial charge < -0.3 is 24.8 Å². The van der Waals surface area contributed by atoms with Crippen LogP contribution < -0.4 is 30.3 Å². The molecule has 0 aromatic heterocycles. The van der Waals surface area contributed by atoms with Gasteiger partial charge in [-0.05, 0) is 35.4 Å². The fraction of sp³-hybridized carbons (Fsp3) is 0.192. The molecule has 0 fully saturated rings. The highest BCUT2D eigenvalue weighted by Crippen LogP contribution is 2.28. The number of ether oxygens (including phenoxy) is 3. The molecule has 0 spiro atoms. The molecule has 3 aromatic carbocycles. The molecule has 0 saturated carbocycles. The van der Waals surface area contributed by atoms with Crippen molar-refractivity contribution >= 4 is 23.8 Å². The maximum absolute atomic E-state index is 12.9. The van der Waals surface area contributed by atoms with Gasteiger partial charge in [0.1, 0.15) is 23.3 Å². The van der Waals surface area contributed by atoms with Crippen molar-refractivity contribution in [2.24, 2.45) is 5.10 Å². The maximum atomic E-state index is 12.9. The van der Waals surface area contributed by atoms with Crippen molar-refractivity contribution in [3.63, 3.8) is 0 Å². The van der Waals surface area contributed by atoms with Gasteiger partial charge in [-0.3, -0.25) is 4.79 Å². The molecule has 0 saturated heterocycles. The number of hydrogen-bond donors (Lipinski definition) is 3. The summed E-state index contributed by atoms with van der Waals surface area (Å²) in [6, 6.07) is 20.2. The van der Waals surface area contributed by atoms with E-state index in [-0.39, 0.29) is 6.42 Å². The van der Waals surface area contributed by atoms with Gasteiger partial charge in [0, 0.05) is 12.5 Å². The molecule has 0 bridgehead atoms. The van der Waals surface area contributed by atoms with Gasteiger partial charge in [-0.2, -0.15) is 5.10 Å². The number of urea groups is 1. The van der Waals surface area contributed by atoms with Crippen LogP contribution in [0.4, 0.5) is 10.5 Å². The third-order valence-electron chi connectivity index (χ3n) is 5.04. The van der Waals surface area contributed by atoms with E-state index in [4.69, 9.17) is 14.2 Å². The average Bonchev–Trinajstić information content (AvgIpc) is 2.89. The summed E-state index contributed by atoms with van der Waals surface area (Å²) in [5, 5.41) is 9.46. The van der Waals surface area contributed by atoms with Crippen molar-refractivity contribution in [2.75, 3.05) is 26.6 Å². The van der Waals surface area contributed by atoms with E-state index in [0.717, 1.165) is 11.1 Å². The fourth-order valence-electron chi connectivity index (χ4n) is 3.25. The number of benzene rings is 3. The maximum Gasteiger partial charge on any atom is 0.320 e. The summed E-state index contributed by atoms with van der Waals surface area (Å²) in [6.07, 6.45) is 1.77. The van der Waals surface area contributed by atoms with Crippen molar-refractivity contribution in [3.8, 4) is 17.2 Å². The van der Waals surface area contributed by atoms with E-state index in [1.54, 1.807) is 31.4 Å². The Kier molecular flexibility index (Phi) is 9.07. The highest BCUT2D eigenvalue weighted by atomic mass is 16.5. The summed E-state index contributed by atoms with van der Waals surface area (Å²) in [6.45, 7) is 0. The molecule has 9 heteroatoms. The molecule has 182 valence electrons. The number of carbonyl (C=O) groups is 2. The highest BCUT2D eigenvalue weighted by molar-refractivity contribution is 5.95. The highest BCUT2D eigenvalue weighted by Gasteiger charge is 2.22. The molecule has 0 heterocycles. The Balaban J connectivity index is 1.70. The molecule has 0 radical (unpaired) electrons. The smallest absolute Gasteiger partial charge is 0.320 e. The quantitative estimate of drug-likeness (QED) is 0.306. The molecule has 3 rings (SSSR count). The first-order valence-electron chi connectivity index (χ1n) is 10.8. The topological polar surface area (TPSA) is 110 Å². The van der Waals surface area contributed by atoms with E-state index in [2.05, 4.69) is 21.2 Å². The Morgan fingerprint density at radius 3 is 2.34 bits per heavy atom. The summed E-state index contributed by atoms with van der Waals surface area (Å²) >= 11 is 0. The lowest BCUT2D eigenvalue weighted by atomic mass is 10.1. The third kappa shape index (κ3) is 7.50. The van der Waals surface area contributed by atoms with Crippen LogP contribution in [0.15, 0.2) is 77.9 Å². The van der Waals surface area contributed by atoms with Gasteiger partial charge in [0.25, 0.3) is 5.91 Å². The van der Waals surface area contributed by atoms with Crippen LogP contribution >= 0.6 is 0 Å². The molecule has 3 N–H and O–H groups in total. The minimum absolute atomic E-state index is 0.272. The Morgan fingerprint density at radius 1 is 0.886 bits per heavy atom. The molecular formula is C26H28N4O5. The second kappa shape index (κ2) is 12.6. The second-order valence-electron chi connectivity index (χ2n) is 7.42. The second-order valence-corrected chi connectivity index (χ2v) is 7.42. The van der Waals surface area contributed by atoms with Crippen molar-refractivity contribution in [1.82, 2.24) is 10.7 Å². The Hall–Kier alpha value is -4.53. The summed E-state index contributed by atoms with van der Waals surface area (Å²) in [7, 11) is 4.60.